The third kappa shape index (κ3) is 25.2. The number of aliphatic hydroxyl groups is 1. The molecule has 6 N–H and O–H groups in total. The molecule has 288 valence electrons. The van der Waals surface area contributed by atoms with Crippen LogP contribution in [0.3, 0.4) is 0 Å². The largest absolute Gasteiger partial charge is 0.396 e. The van der Waals surface area contributed by atoms with Crippen LogP contribution in [-0.4, -0.2) is 84.3 Å². The molecule has 0 saturated heterocycles. The highest BCUT2D eigenvalue weighted by molar-refractivity contribution is 5.98. The van der Waals surface area contributed by atoms with Crippen molar-refractivity contribution >= 4 is 35.2 Å². The zero-order chi connectivity index (χ0) is 39.1. The van der Waals surface area contributed by atoms with Crippen LogP contribution in [0.4, 0.5) is 5.69 Å². The molecule has 0 aliphatic heterocycles. The minimum atomic E-state index is -1.14. The maximum atomic E-state index is 13.0. The Morgan fingerprint density at radius 3 is 1.90 bits per heavy atom. The Labute approximate surface area is 301 Å². The molecule has 0 saturated carbocycles. The van der Waals surface area contributed by atoms with Gasteiger partial charge >= 0.3 is 0 Å². The van der Waals surface area contributed by atoms with Crippen LogP contribution >= 0.6 is 0 Å². The van der Waals surface area contributed by atoms with Gasteiger partial charge in [0.05, 0.1) is 13.1 Å². The lowest BCUT2D eigenvalue weighted by Gasteiger charge is -2.24. The standard InChI is InChI=1S/C29H46N6O7.2C3H8.C2H6/c1-6-13-35(42)23-10-8-9-21(15-23)28(40)34-27(20(5)18-36)29(41)32-17-26(39)33-22(14-19(3)4)11-12-24(37)31-16-25(38)30-7-2;2*1-3-2;1-2/h8-10,15,19-20,22,27,36H,6-7,11-14,16-18H2,1-5H3,(H4-,30,31,32,33,34,37,38,39,40,41);2*3H2,1-2H3;1-2H3/p+1/t20-,22?,27?;;;/m0.../s1. The van der Waals surface area contributed by atoms with E-state index in [-0.39, 0.29) is 55.4 Å². The molecule has 0 radical (unpaired) electrons. The van der Waals surface area contributed by atoms with E-state index in [1.807, 2.05) is 34.6 Å². The number of amides is 5. The van der Waals surface area contributed by atoms with E-state index in [0.29, 0.717) is 31.5 Å². The van der Waals surface area contributed by atoms with Crippen molar-refractivity contribution in [2.45, 2.75) is 127 Å². The SMILES string of the molecule is CC.CCC.CCC.CCC[N+](=O)c1cccc(C(=O)NC(C(=O)NCC(=O)NC(CCC(=O)NCC(=O)NCC)CC(C)C)[C@@H](C)CO)c1. The summed E-state index contributed by atoms with van der Waals surface area (Å²) in [7, 11) is 0. The summed E-state index contributed by atoms with van der Waals surface area (Å²) in [4.78, 5) is 74.4. The maximum absolute atomic E-state index is 13.0. The van der Waals surface area contributed by atoms with Crippen molar-refractivity contribution in [3.05, 3.63) is 34.7 Å². The average Bonchev–Trinajstić information content (AvgIpc) is 3.08. The second kappa shape index (κ2) is 32.3. The highest BCUT2D eigenvalue weighted by Crippen LogP contribution is 2.15. The lowest BCUT2D eigenvalue weighted by atomic mass is 9.99. The van der Waals surface area contributed by atoms with Gasteiger partial charge in [-0.3, -0.25) is 24.0 Å². The van der Waals surface area contributed by atoms with Crippen molar-refractivity contribution in [3.63, 3.8) is 0 Å². The quantitative estimate of drug-likeness (QED) is 0.112. The van der Waals surface area contributed by atoms with Gasteiger partial charge in [-0.2, -0.15) is 0 Å². The zero-order valence-electron chi connectivity index (χ0n) is 32.7. The molecule has 0 fully saturated rings. The van der Waals surface area contributed by atoms with Crippen LogP contribution in [0.1, 0.15) is 125 Å². The van der Waals surface area contributed by atoms with Crippen LogP contribution in [0.5, 0.6) is 0 Å². The molecule has 0 aliphatic rings. The van der Waals surface area contributed by atoms with Crippen molar-refractivity contribution in [1.82, 2.24) is 26.6 Å². The van der Waals surface area contributed by atoms with E-state index in [1.54, 1.807) is 26.0 Å². The number of nitrogens with zero attached hydrogens (tertiary/aromatic N) is 1. The number of nitrogens with one attached hydrogen (secondary N) is 5. The number of likely N-dealkylation sites (N-methyl/N-ethyl adjacent to an activating group) is 1. The first kappa shape index (κ1) is 50.5. The average molecular weight is 710 g/mol. The topological polar surface area (TPSA) is 186 Å². The molecule has 2 unspecified atom stereocenters. The first-order valence-electron chi connectivity index (χ1n) is 18.3. The Morgan fingerprint density at radius 2 is 1.38 bits per heavy atom. The van der Waals surface area contributed by atoms with Gasteiger partial charge in [-0.25, -0.2) is 0 Å². The summed E-state index contributed by atoms with van der Waals surface area (Å²) in [6.45, 7) is 21.5. The van der Waals surface area contributed by atoms with Crippen molar-refractivity contribution in [1.29, 1.82) is 0 Å². The number of aliphatic hydroxyl groups excluding tert-OH is 1. The van der Waals surface area contributed by atoms with Gasteiger partial charge in [-0.1, -0.05) is 88.1 Å². The molecular formula is C37H69N6O7+. The van der Waals surface area contributed by atoms with Crippen molar-refractivity contribution in [2.24, 2.45) is 11.8 Å². The third-order valence-electron chi connectivity index (χ3n) is 6.33. The molecule has 0 heterocycles. The van der Waals surface area contributed by atoms with Gasteiger partial charge in [-0.15, -0.1) is 0 Å². The molecule has 0 spiro atoms. The number of hydrogen-bond acceptors (Lipinski definition) is 7. The molecule has 0 aliphatic carbocycles. The maximum Gasteiger partial charge on any atom is 0.256 e. The minimum absolute atomic E-state index is 0.106. The Kier molecular flexibility index (Phi) is 32.7. The minimum Gasteiger partial charge on any atom is -0.396 e. The molecule has 1 aromatic rings. The van der Waals surface area contributed by atoms with Crippen molar-refractivity contribution in [2.75, 3.05) is 32.8 Å². The van der Waals surface area contributed by atoms with Crippen LogP contribution in [0.2, 0.25) is 0 Å². The van der Waals surface area contributed by atoms with Crippen LogP contribution < -0.4 is 26.6 Å². The molecule has 0 aromatic heterocycles. The van der Waals surface area contributed by atoms with E-state index < -0.39 is 36.3 Å². The first-order valence-corrected chi connectivity index (χ1v) is 18.3. The monoisotopic (exact) mass is 710 g/mol. The summed E-state index contributed by atoms with van der Waals surface area (Å²) in [5.41, 5.74) is 0.490. The lowest BCUT2D eigenvalue weighted by molar-refractivity contribution is -0.463. The highest BCUT2D eigenvalue weighted by Gasteiger charge is 2.28. The van der Waals surface area contributed by atoms with E-state index in [2.05, 4.69) is 54.3 Å². The molecule has 3 atom stereocenters. The summed E-state index contributed by atoms with van der Waals surface area (Å²) < 4.78 is 0.779. The Hall–Kier alpha value is -3.87. The number of carbonyl (C=O) groups is 5. The summed E-state index contributed by atoms with van der Waals surface area (Å²) in [5, 5.41) is 22.8. The lowest BCUT2D eigenvalue weighted by Crippen LogP contribution is -2.53. The normalized spacial score (nSPS) is 11.7. The highest BCUT2D eigenvalue weighted by atomic mass is 16.3. The van der Waals surface area contributed by atoms with Crippen molar-refractivity contribution < 1.29 is 33.8 Å². The van der Waals surface area contributed by atoms with Gasteiger partial charge in [0.25, 0.3) is 11.6 Å². The Bertz CT molecular complexity index is 1110. The Morgan fingerprint density at radius 1 is 0.800 bits per heavy atom. The summed E-state index contributed by atoms with van der Waals surface area (Å²) >= 11 is 0. The Balaban J connectivity index is -0.00000252. The summed E-state index contributed by atoms with van der Waals surface area (Å²) in [5.74, 6) is -2.77. The molecule has 1 aromatic carbocycles. The summed E-state index contributed by atoms with van der Waals surface area (Å²) in [6, 6.07) is 4.62. The molecule has 50 heavy (non-hydrogen) atoms. The zero-order valence-corrected chi connectivity index (χ0v) is 32.7. The number of nitroso groups, excluding NO2 is 1. The van der Waals surface area contributed by atoms with Gasteiger partial charge < -0.3 is 31.7 Å². The van der Waals surface area contributed by atoms with Gasteiger partial charge in [0.2, 0.25) is 23.6 Å². The van der Waals surface area contributed by atoms with Gasteiger partial charge in [-0.05, 0) is 31.7 Å². The summed E-state index contributed by atoms with van der Waals surface area (Å²) in [6.07, 6.45) is 4.19. The fourth-order valence-corrected chi connectivity index (χ4v) is 4.14. The predicted octanol–water partition coefficient (Wildman–Crippen LogP) is 4.77. The molecular weight excluding hydrogens is 640 g/mol. The number of benzene rings is 1. The predicted molar refractivity (Wildman–Crippen MR) is 201 cm³/mol. The van der Waals surface area contributed by atoms with Crippen LogP contribution in [0, 0.1) is 16.7 Å². The molecule has 1 rings (SSSR count). The van der Waals surface area contributed by atoms with Crippen LogP contribution in [0.25, 0.3) is 0 Å². The molecule has 13 nitrogen and oxygen atoms in total. The first-order chi connectivity index (χ1) is 23.7. The molecule has 13 heteroatoms. The fraction of sp³-hybridized carbons (Fsp3) is 0.703. The number of hydrogen-bond donors (Lipinski definition) is 6. The van der Waals surface area contributed by atoms with Gasteiger partial charge in [0.1, 0.15) is 6.04 Å². The van der Waals surface area contributed by atoms with Crippen LogP contribution in [0.15, 0.2) is 24.3 Å². The third-order valence-corrected chi connectivity index (χ3v) is 6.33. The van der Waals surface area contributed by atoms with Gasteiger partial charge in [0, 0.05) is 65.3 Å². The second-order valence-corrected chi connectivity index (χ2v) is 12.1. The van der Waals surface area contributed by atoms with E-state index in [9.17, 15) is 34.0 Å². The fourth-order valence-electron chi connectivity index (χ4n) is 4.14. The molecule has 5 amide bonds. The van der Waals surface area contributed by atoms with Crippen LogP contribution in [-0.2, 0) is 19.2 Å². The van der Waals surface area contributed by atoms with Crippen molar-refractivity contribution in [3.8, 4) is 0 Å². The van der Waals surface area contributed by atoms with E-state index >= 15 is 0 Å². The van der Waals surface area contributed by atoms with E-state index in [4.69, 9.17) is 0 Å². The smallest absolute Gasteiger partial charge is 0.256 e. The number of carbonyl (C=O) groups excluding carboxylic acids is 5. The van der Waals surface area contributed by atoms with E-state index in [1.165, 1.54) is 25.0 Å². The van der Waals surface area contributed by atoms with E-state index in [0.717, 1.165) is 4.76 Å². The van der Waals surface area contributed by atoms with Gasteiger partial charge in [0.15, 0.2) is 6.54 Å². The molecule has 0 bridgehead atoms. The second-order valence-electron chi connectivity index (χ2n) is 12.1. The number of rotatable bonds is 19.